The first-order valence-corrected chi connectivity index (χ1v) is 9.86. The summed E-state index contributed by atoms with van der Waals surface area (Å²) in [5, 5.41) is 7.27. The van der Waals surface area contributed by atoms with Gasteiger partial charge >= 0.3 is 0 Å². The van der Waals surface area contributed by atoms with E-state index in [1.54, 1.807) is 6.20 Å². The van der Waals surface area contributed by atoms with Crippen molar-refractivity contribution < 1.29 is 4.79 Å². The highest BCUT2D eigenvalue weighted by atomic mass is 16.1. The number of carbonyl (C=O) groups is 1. The van der Waals surface area contributed by atoms with Gasteiger partial charge in [0.15, 0.2) is 0 Å². The molecule has 2 saturated heterocycles. The largest absolute Gasteiger partial charge is 0.354 e. The molecule has 1 atom stereocenters. The van der Waals surface area contributed by atoms with Crippen molar-refractivity contribution in [2.75, 3.05) is 32.7 Å². The van der Waals surface area contributed by atoms with Crippen molar-refractivity contribution >= 4 is 5.91 Å². The second-order valence-electron chi connectivity index (χ2n) is 7.76. The second kappa shape index (κ2) is 8.81. The normalized spacial score (nSPS) is 23.9. The number of likely N-dealkylation sites (tertiary alicyclic amines) is 2. The van der Waals surface area contributed by atoms with Crippen LogP contribution in [0.25, 0.3) is 0 Å². The molecule has 0 spiro atoms. The van der Waals surface area contributed by atoms with Crippen LogP contribution in [0.4, 0.5) is 0 Å². The van der Waals surface area contributed by atoms with E-state index in [2.05, 4.69) is 34.1 Å². The molecule has 0 aliphatic carbocycles. The van der Waals surface area contributed by atoms with Crippen LogP contribution in [0.5, 0.6) is 0 Å². The maximum Gasteiger partial charge on any atom is 0.224 e. The van der Waals surface area contributed by atoms with Crippen LogP contribution in [0, 0.1) is 5.92 Å². The molecular weight excluding hydrogens is 314 g/mol. The Balaban J connectivity index is 1.42. The Morgan fingerprint density at radius 3 is 2.72 bits per heavy atom. The van der Waals surface area contributed by atoms with Crippen LogP contribution >= 0.6 is 0 Å². The summed E-state index contributed by atoms with van der Waals surface area (Å²) in [6.07, 6.45) is 8.34. The maximum absolute atomic E-state index is 12.5. The summed E-state index contributed by atoms with van der Waals surface area (Å²) in [4.78, 5) is 17.7. The molecule has 6 nitrogen and oxygen atoms in total. The summed E-state index contributed by atoms with van der Waals surface area (Å²) in [6.45, 7) is 10.4. The van der Waals surface area contributed by atoms with Crippen LogP contribution in [0.3, 0.4) is 0 Å². The standard InChI is InChI=1S/C19H33N5O/c1-16(2)22-12-6-18(7-13-22)23-10-3-5-17(15-23)19(25)20-9-14-24-11-4-8-21-24/h4,8,11,16-18H,3,5-7,9-10,12-15H2,1-2H3,(H,20,25)/t17-/m0/s1. The average Bonchev–Trinajstić information content (AvgIpc) is 3.15. The van der Waals surface area contributed by atoms with E-state index in [4.69, 9.17) is 0 Å². The van der Waals surface area contributed by atoms with Crippen molar-refractivity contribution in [3.63, 3.8) is 0 Å². The van der Waals surface area contributed by atoms with Gasteiger partial charge in [-0.15, -0.1) is 0 Å². The van der Waals surface area contributed by atoms with E-state index in [0.717, 1.165) is 32.5 Å². The van der Waals surface area contributed by atoms with Gasteiger partial charge in [-0.05, 0) is 65.2 Å². The zero-order valence-corrected chi connectivity index (χ0v) is 15.7. The first-order valence-electron chi connectivity index (χ1n) is 9.86. The highest BCUT2D eigenvalue weighted by molar-refractivity contribution is 5.78. The number of amides is 1. The lowest BCUT2D eigenvalue weighted by atomic mass is 9.93. The molecular formula is C19H33N5O. The molecule has 25 heavy (non-hydrogen) atoms. The van der Waals surface area contributed by atoms with E-state index in [9.17, 15) is 4.79 Å². The van der Waals surface area contributed by atoms with Gasteiger partial charge in [0.2, 0.25) is 5.91 Å². The predicted octanol–water partition coefficient (Wildman–Crippen LogP) is 1.58. The van der Waals surface area contributed by atoms with Crippen molar-refractivity contribution in [3.05, 3.63) is 18.5 Å². The fourth-order valence-corrected chi connectivity index (χ4v) is 4.19. The van der Waals surface area contributed by atoms with Crippen molar-refractivity contribution in [2.45, 2.75) is 58.2 Å². The summed E-state index contributed by atoms with van der Waals surface area (Å²) in [6, 6.07) is 3.22. The van der Waals surface area contributed by atoms with E-state index in [-0.39, 0.29) is 11.8 Å². The highest BCUT2D eigenvalue weighted by Gasteiger charge is 2.31. The lowest BCUT2D eigenvalue weighted by molar-refractivity contribution is -0.127. The van der Waals surface area contributed by atoms with E-state index >= 15 is 0 Å². The van der Waals surface area contributed by atoms with Gasteiger partial charge < -0.3 is 10.2 Å². The molecule has 3 rings (SSSR count). The van der Waals surface area contributed by atoms with Gasteiger partial charge in [-0.1, -0.05) is 0 Å². The number of carbonyl (C=O) groups excluding carboxylic acids is 1. The molecule has 0 bridgehead atoms. The molecule has 2 aliphatic heterocycles. The van der Waals surface area contributed by atoms with Crippen molar-refractivity contribution in [1.29, 1.82) is 0 Å². The van der Waals surface area contributed by atoms with E-state index < -0.39 is 0 Å². The molecule has 0 aromatic carbocycles. The van der Waals surface area contributed by atoms with Crippen molar-refractivity contribution in [1.82, 2.24) is 24.9 Å². The lowest BCUT2D eigenvalue weighted by Crippen LogP contribution is -2.51. The molecule has 1 amide bonds. The first-order chi connectivity index (χ1) is 12.1. The van der Waals surface area contributed by atoms with E-state index in [1.807, 2.05) is 16.9 Å². The van der Waals surface area contributed by atoms with Gasteiger partial charge in [0, 0.05) is 37.6 Å². The molecule has 140 valence electrons. The Morgan fingerprint density at radius 2 is 2.04 bits per heavy atom. The summed E-state index contributed by atoms with van der Waals surface area (Å²) in [5.74, 6) is 0.367. The summed E-state index contributed by atoms with van der Waals surface area (Å²) < 4.78 is 1.86. The molecule has 1 N–H and O–H groups in total. The van der Waals surface area contributed by atoms with Crippen molar-refractivity contribution in [2.24, 2.45) is 5.92 Å². The Kier molecular flexibility index (Phi) is 6.48. The van der Waals surface area contributed by atoms with Crippen LogP contribution < -0.4 is 5.32 Å². The number of nitrogens with zero attached hydrogens (tertiary/aromatic N) is 4. The minimum atomic E-state index is 0.148. The Labute approximate surface area is 151 Å². The third kappa shape index (κ3) is 5.05. The Morgan fingerprint density at radius 1 is 1.24 bits per heavy atom. The van der Waals surface area contributed by atoms with Gasteiger partial charge in [0.1, 0.15) is 0 Å². The van der Waals surface area contributed by atoms with Gasteiger partial charge in [0.25, 0.3) is 0 Å². The average molecular weight is 348 g/mol. The highest BCUT2D eigenvalue weighted by Crippen LogP contribution is 2.24. The molecule has 1 aromatic rings. The second-order valence-corrected chi connectivity index (χ2v) is 7.76. The number of aromatic nitrogens is 2. The van der Waals surface area contributed by atoms with Crippen LogP contribution in [-0.2, 0) is 11.3 Å². The first kappa shape index (κ1) is 18.4. The minimum absolute atomic E-state index is 0.148. The summed E-state index contributed by atoms with van der Waals surface area (Å²) in [7, 11) is 0. The lowest BCUT2D eigenvalue weighted by Gasteiger charge is -2.43. The number of hydrogen-bond donors (Lipinski definition) is 1. The fourth-order valence-electron chi connectivity index (χ4n) is 4.19. The molecule has 2 aliphatic rings. The molecule has 0 saturated carbocycles. The van der Waals surface area contributed by atoms with Crippen LogP contribution in [0.15, 0.2) is 18.5 Å². The SMILES string of the molecule is CC(C)N1CCC(N2CCC[C@H](C(=O)NCCn3cccn3)C2)CC1. The third-order valence-electron chi connectivity index (χ3n) is 5.77. The number of rotatable bonds is 6. The smallest absolute Gasteiger partial charge is 0.224 e. The van der Waals surface area contributed by atoms with E-state index in [1.165, 1.54) is 25.9 Å². The topological polar surface area (TPSA) is 53.4 Å². The fraction of sp³-hybridized carbons (Fsp3) is 0.789. The molecule has 0 unspecified atom stereocenters. The van der Waals surface area contributed by atoms with Crippen LogP contribution in [0.2, 0.25) is 0 Å². The van der Waals surface area contributed by atoms with Gasteiger partial charge in [-0.3, -0.25) is 14.4 Å². The maximum atomic E-state index is 12.5. The summed E-state index contributed by atoms with van der Waals surface area (Å²) in [5.41, 5.74) is 0. The molecule has 2 fully saturated rings. The van der Waals surface area contributed by atoms with Gasteiger partial charge in [0.05, 0.1) is 12.5 Å². The van der Waals surface area contributed by atoms with Crippen molar-refractivity contribution in [3.8, 4) is 0 Å². The number of piperidine rings is 2. The van der Waals surface area contributed by atoms with Gasteiger partial charge in [-0.2, -0.15) is 5.10 Å². The Hall–Kier alpha value is -1.40. The monoisotopic (exact) mass is 347 g/mol. The zero-order valence-electron chi connectivity index (χ0n) is 15.7. The molecule has 0 radical (unpaired) electrons. The van der Waals surface area contributed by atoms with E-state index in [0.29, 0.717) is 18.6 Å². The molecule has 6 heteroatoms. The number of nitrogens with one attached hydrogen (secondary N) is 1. The number of hydrogen-bond acceptors (Lipinski definition) is 4. The minimum Gasteiger partial charge on any atom is -0.354 e. The summed E-state index contributed by atoms with van der Waals surface area (Å²) >= 11 is 0. The predicted molar refractivity (Wildman–Crippen MR) is 99.3 cm³/mol. The zero-order chi connectivity index (χ0) is 17.6. The Bertz CT molecular complexity index is 522. The molecule has 1 aromatic heterocycles. The van der Waals surface area contributed by atoms with Gasteiger partial charge in [-0.25, -0.2) is 0 Å². The quantitative estimate of drug-likeness (QED) is 0.849. The third-order valence-corrected chi connectivity index (χ3v) is 5.77. The molecule has 3 heterocycles. The van der Waals surface area contributed by atoms with Crippen LogP contribution in [-0.4, -0.2) is 70.3 Å². The van der Waals surface area contributed by atoms with Crippen LogP contribution in [0.1, 0.15) is 39.5 Å².